The number of nitrogens with two attached hydrogens (primary N) is 1. The highest BCUT2D eigenvalue weighted by molar-refractivity contribution is 5.85. The van der Waals surface area contributed by atoms with Crippen LogP contribution in [0.2, 0.25) is 0 Å². The largest absolute Gasteiger partial charge is 0.419 e. The molecule has 0 aliphatic rings. The standard InChI is InChI=1S/C11H10F7NO.ClH/c12-7-2-1-5(3-6(7)10(13,14)15)8(20)4-9(19)11(16,17)18;/h1-3,8-9,20H,4,19H2;1H/t8-,9-;/m1./s1. The van der Waals surface area contributed by atoms with E-state index in [-0.39, 0.29) is 18.5 Å². The van der Waals surface area contributed by atoms with Crippen LogP contribution in [0.3, 0.4) is 0 Å². The number of halogens is 8. The van der Waals surface area contributed by atoms with Crippen LogP contribution in [0.4, 0.5) is 30.7 Å². The third-order valence-electron chi connectivity index (χ3n) is 2.58. The van der Waals surface area contributed by atoms with Gasteiger partial charge in [0.1, 0.15) is 11.9 Å². The fraction of sp³-hybridized carbons (Fsp3) is 0.455. The third kappa shape index (κ3) is 5.33. The Labute approximate surface area is 121 Å². The number of alkyl halides is 6. The summed E-state index contributed by atoms with van der Waals surface area (Å²) in [4.78, 5) is 0. The van der Waals surface area contributed by atoms with Crippen LogP contribution in [0.15, 0.2) is 18.2 Å². The van der Waals surface area contributed by atoms with Crippen LogP contribution in [0.5, 0.6) is 0 Å². The Bertz CT molecular complexity index is 475. The van der Waals surface area contributed by atoms with Gasteiger partial charge < -0.3 is 10.8 Å². The van der Waals surface area contributed by atoms with Crippen molar-refractivity contribution in [1.82, 2.24) is 0 Å². The van der Waals surface area contributed by atoms with E-state index in [9.17, 15) is 35.8 Å². The molecule has 0 unspecified atom stereocenters. The van der Waals surface area contributed by atoms with Crippen molar-refractivity contribution in [3.05, 3.63) is 35.1 Å². The minimum Gasteiger partial charge on any atom is -0.388 e. The Morgan fingerprint density at radius 2 is 1.62 bits per heavy atom. The van der Waals surface area contributed by atoms with Crippen molar-refractivity contribution >= 4 is 12.4 Å². The first-order valence-corrected chi connectivity index (χ1v) is 5.30. The minimum atomic E-state index is -5.01. The molecule has 0 saturated carbocycles. The molecule has 2 atom stereocenters. The monoisotopic (exact) mass is 341 g/mol. The van der Waals surface area contributed by atoms with Crippen molar-refractivity contribution in [3.8, 4) is 0 Å². The summed E-state index contributed by atoms with van der Waals surface area (Å²) in [6.07, 6.45) is -12.7. The molecule has 21 heavy (non-hydrogen) atoms. The Hall–Kier alpha value is -1.06. The summed E-state index contributed by atoms with van der Waals surface area (Å²) < 4.78 is 86.8. The molecule has 1 aromatic rings. The maximum Gasteiger partial charge on any atom is 0.419 e. The summed E-state index contributed by atoms with van der Waals surface area (Å²) in [6.45, 7) is 0. The second-order valence-electron chi connectivity index (χ2n) is 4.14. The van der Waals surface area contributed by atoms with E-state index >= 15 is 0 Å². The normalized spacial score (nSPS) is 15.3. The summed E-state index contributed by atoms with van der Waals surface area (Å²) in [5.41, 5.74) is 2.62. The van der Waals surface area contributed by atoms with Gasteiger partial charge >= 0.3 is 12.4 Å². The number of aliphatic hydroxyl groups excluding tert-OH is 1. The number of hydrogen-bond acceptors (Lipinski definition) is 2. The molecular formula is C11H11ClF7NO. The quantitative estimate of drug-likeness (QED) is 0.826. The third-order valence-corrected chi connectivity index (χ3v) is 2.58. The van der Waals surface area contributed by atoms with Gasteiger partial charge in [-0.2, -0.15) is 26.3 Å². The predicted octanol–water partition coefficient (Wildman–Crippen LogP) is 3.58. The fourth-order valence-electron chi connectivity index (χ4n) is 1.48. The number of aliphatic hydroxyl groups is 1. The van der Waals surface area contributed by atoms with E-state index in [1.807, 2.05) is 0 Å². The van der Waals surface area contributed by atoms with Crippen molar-refractivity contribution in [2.24, 2.45) is 5.73 Å². The van der Waals surface area contributed by atoms with Gasteiger partial charge in [0.25, 0.3) is 0 Å². The number of benzene rings is 1. The van der Waals surface area contributed by atoms with Gasteiger partial charge in [-0.1, -0.05) is 6.07 Å². The molecule has 0 fully saturated rings. The zero-order valence-corrected chi connectivity index (χ0v) is 11.0. The smallest absolute Gasteiger partial charge is 0.388 e. The molecular weight excluding hydrogens is 331 g/mol. The van der Waals surface area contributed by atoms with Gasteiger partial charge in [-0.05, 0) is 17.7 Å². The molecule has 0 spiro atoms. The summed E-state index contributed by atoms with van der Waals surface area (Å²) in [6, 6.07) is -0.918. The van der Waals surface area contributed by atoms with Crippen LogP contribution in [-0.2, 0) is 6.18 Å². The lowest BCUT2D eigenvalue weighted by molar-refractivity contribution is -0.154. The lowest BCUT2D eigenvalue weighted by Crippen LogP contribution is -2.38. The predicted molar refractivity (Wildman–Crippen MR) is 62.3 cm³/mol. The molecule has 0 bridgehead atoms. The maximum atomic E-state index is 13.0. The van der Waals surface area contributed by atoms with Crippen LogP contribution in [-0.4, -0.2) is 17.3 Å². The van der Waals surface area contributed by atoms with Crippen LogP contribution >= 0.6 is 12.4 Å². The Kier molecular flexibility index (Phi) is 6.46. The molecule has 1 rings (SSSR count). The Morgan fingerprint density at radius 3 is 2.05 bits per heavy atom. The molecule has 2 nitrogen and oxygen atoms in total. The number of rotatable bonds is 3. The van der Waals surface area contributed by atoms with E-state index in [4.69, 9.17) is 5.73 Å². The van der Waals surface area contributed by atoms with Crippen LogP contribution in [0.25, 0.3) is 0 Å². The highest BCUT2D eigenvalue weighted by atomic mass is 35.5. The molecule has 0 heterocycles. The first-order valence-electron chi connectivity index (χ1n) is 5.30. The first-order chi connectivity index (χ1) is 8.93. The van der Waals surface area contributed by atoms with Gasteiger partial charge in [0.15, 0.2) is 0 Å². The van der Waals surface area contributed by atoms with Gasteiger partial charge in [0.05, 0.1) is 11.7 Å². The van der Waals surface area contributed by atoms with Gasteiger partial charge in [-0.3, -0.25) is 0 Å². The van der Waals surface area contributed by atoms with Gasteiger partial charge in [-0.25, -0.2) is 4.39 Å². The molecule has 0 aliphatic heterocycles. The van der Waals surface area contributed by atoms with E-state index in [0.717, 1.165) is 6.07 Å². The lowest BCUT2D eigenvalue weighted by Gasteiger charge is -2.20. The second-order valence-corrected chi connectivity index (χ2v) is 4.14. The molecule has 0 aromatic heterocycles. The summed E-state index contributed by atoms with van der Waals surface area (Å²) >= 11 is 0. The van der Waals surface area contributed by atoms with E-state index in [0.29, 0.717) is 6.07 Å². The lowest BCUT2D eigenvalue weighted by atomic mass is 10.00. The van der Waals surface area contributed by atoms with Gasteiger partial charge in [0.2, 0.25) is 0 Å². The molecule has 3 N–H and O–H groups in total. The molecule has 0 saturated heterocycles. The summed E-state index contributed by atoms with van der Waals surface area (Å²) in [5, 5.41) is 9.47. The van der Waals surface area contributed by atoms with Crippen molar-refractivity contribution in [3.63, 3.8) is 0 Å². The highest BCUT2D eigenvalue weighted by Crippen LogP contribution is 2.34. The average Bonchev–Trinajstić information content (AvgIpc) is 2.26. The minimum absolute atomic E-state index is 0. The van der Waals surface area contributed by atoms with E-state index in [2.05, 4.69) is 0 Å². The zero-order chi connectivity index (χ0) is 15.7. The zero-order valence-electron chi connectivity index (χ0n) is 10.2. The van der Waals surface area contributed by atoms with E-state index in [1.165, 1.54) is 0 Å². The molecule has 10 heteroatoms. The van der Waals surface area contributed by atoms with Crippen LogP contribution in [0.1, 0.15) is 23.7 Å². The van der Waals surface area contributed by atoms with Crippen LogP contribution in [0, 0.1) is 5.82 Å². The van der Waals surface area contributed by atoms with E-state index in [1.54, 1.807) is 0 Å². The molecule has 122 valence electrons. The highest BCUT2D eigenvalue weighted by Gasteiger charge is 2.39. The molecule has 0 aliphatic carbocycles. The van der Waals surface area contributed by atoms with Crippen molar-refractivity contribution in [2.75, 3.05) is 0 Å². The summed E-state index contributed by atoms with van der Waals surface area (Å²) in [5.74, 6) is -1.58. The Balaban J connectivity index is 0.00000400. The fourth-order valence-corrected chi connectivity index (χ4v) is 1.48. The average molecular weight is 342 g/mol. The van der Waals surface area contributed by atoms with Crippen molar-refractivity contribution in [1.29, 1.82) is 0 Å². The number of hydrogen-bond donors (Lipinski definition) is 2. The van der Waals surface area contributed by atoms with Crippen molar-refractivity contribution in [2.45, 2.75) is 30.9 Å². The topological polar surface area (TPSA) is 46.2 Å². The Morgan fingerprint density at radius 1 is 1.10 bits per heavy atom. The molecule has 1 aromatic carbocycles. The van der Waals surface area contributed by atoms with Gasteiger partial charge in [0, 0.05) is 6.42 Å². The van der Waals surface area contributed by atoms with Crippen molar-refractivity contribution < 1.29 is 35.8 Å². The molecule has 0 amide bonds. The van der Waals surface area contributed by atoms with E-state index < -0.39 is 47.9 Å². The maximum absolute atomic E-state index is 13.0. The SMILES string of the molecule is Cl.N[C@H](C[C@@H](O)c1ccc(F)c(C(F)(F)F)c1)C(F)(F)F. The first kappa shape index (κ1) is 19.9. The second kappa shape index (κ2) is 6.80. The molecule has 0 radical (unpaired) electrons. The summed E-state index contributed by atoms with van der Waals surface area (Å²) in [7, 11) is 0. The van der Waals surface area contributed by atoms with Crippen LogP contribution < -0.4 is 5.73 Å². The van der Waals surface area contributed by atoms with Gasteiger partial charge in [-0.15, -0.1) is 12.4 Å².